The maximum atomic E-state index is 12.2. The van der Waals surface area contributed by atoms with Gasteiger partial charge in [-0.05, 0) is 53.9 Å². The number of rotatable bonds is 3. The first-order valence-corrected chi connectivity index (χ1v) is 6.64. The van der Waals surface area contributed by atoms with E-state index in [1.807, 2.05) is 19.1 Å². The molecule has 1 unspecified atom stereocenters. The number of hydrogen-bond donors (Lipinski definition) is 2. The lowest BCUT2D eigenvalue weighted by Crippen LogP contribution is -2.50. The van der Waals surface area contributed by atoms with Crippen molar-refractivity contribution >= 4 is 27.5 Å². The van der Waals surface area contributed by atoms with Gasteiger partial charge in [0.25, 0.3) is 0 Å². The Morgan fingerprint density at radius 2 is 2.47 bits per heavy atom. The molecule has 1 amide bonds. The lowest BCUT2D eigenvalue weighted by molar-refractivity contribution is -0.122. The van der Waals surface area contributed by atoms with Crippen LogP contribution in [0.5, 0.6) is 0 Å². The molecule has 1 fully saturated rings. The van der Waals surface area contributed by atoms with E-state index >= 15 is 0 Å². The highest BCUT2D eigenvalue weighted by Crippen LogP contribution is 2.24. The summed E-state index contributed by atoms with van der Waals surface area (Å²) in [6.07, 6.45) is 4.42. The van der Waals surface area contributed by atoms with E-state index in [0.717, 1.165) is 36.1 Å². The summed E-state index contributed by atoms with van der Waals surface area (Å²) in [7, 11) is 0. The van der Waals surface area contributed by atoms with E-state index in [0.29, 0.717) is 0 Å². The normalized spacial score (nSPS) is 23.6. The van der Waals surface area contributed by atoms with Crippen molar-refractivity contribution in [1.29, 1.82) is 0 Å². The molecule has 0 spiro atoms. The van der Waals surface area contributed by atoms with E-state index < -0.39 is 5.54 Å². The lowest BCUT2D eigenvalue weighted by Gasteiger charge is -2.26. The topological polar surface area (TPSA) is 54.0 Å². The Morgan fingerprint density at radius 3 is 3.00 bits per heavy atom. The second-order valence-electron chi connectivity index (χ2n) is 4.29. The Balaban J connectivity index is 2.08. The number of hydrogen-bond acceptors (Lipinski definition) is 3. The lowest BCUT2D eigenvalue weighted by atomic mass is 9.93. The van der Waals surface area contributed by atoms with E-state index in [9.17, 15) is 4.79 Å². The van der Waals surface area contributed by atoms with Gasteiger partial charge in [-0.2, -0.15) is 0 Å². The fourth-order valence-electron chi connectivity index (χ4n) is 2.16. The van der Waals surface area contributed by atoms with Gasteiger partial charge in [0.05, 0.1) is 17.4 Å². The summed E-state index contributed by atoms with van der Waals surface area (Å²) in [5.74, 6) is 0.0432. The van der Waals surface area contributed by atoms with Gasteiger partial charge in [0.1, 0.15) is 4.60 Å². The second-order valence-corrected chi connectivity index (χ2v) is 5.10. The van der Waals surface area contributed by atoms with Crippen molar-refractivity contribution in [2.45, 2.75) is 31.7 Å². The number of nitrogens with one attached hydrogen (secondary N) is 2. The van der Waals surface area contributed by atoms with Crippen LogP contribution in [0.25, 0.3) is 0 Å². The van der Waals surface area contributed by atoms with Crippen molar-refractivity contribution in [3.05, 3.63) is 22.9 Å². The molecule has 1 aliphatic heterocycles. The fourth-order valence-corrected chi connectivity index (χ4v) is 2.40. The van der Waals surface area contributed by atoms with Gasteiger partial charge >= 0.3 is 0 Å². The molecule has 0 bridgehead atoms. The molecule has 1 aromatic heterocycles. The van der Waals surface area contributed by atoms with Crippen molar-refractivity contribution in [3.63, 3.8) is 0 Å². The Bertz CT molecular complexity index is 399. The van der Waals surface area contributed by atoms with Crippen molar-refractivity contribution in [1.82, 2.24) is 10.3 Å². The summed E-state index contributed by atoms with van der Waals surface area (Å²) >= 11 is 3.27. The molecule has 1 aromatic rings. The molecule has 1 aliphatic rings. The summed E-state index contributed by atoms with van der Waals surface area (Å²) in [6.45, 7) is 2.96. The zero-order chi connectivity index (χ0) is 12.3. The monoisotopic (exact) mass is 297 g/mol. The molecule has 92 valence electrons. The predicted molar refractivity (Wildman–Crippen MR) is 70.8 cm³/mol. The molecule has 1 saturated heterocycles. The molecule has 17 heavy (non-hydrogen) atoms. The highest BCUT2D eigenvalue weighted by atomic mass is 79.9. The molecule has 0 saturated carbocycles. The molecule has 1 atom stereocenters. The first-order chi connectivity index (χ1) is 8.16. The van der Waals surface area contributed by atoms with E-state index in [1.54, 1.807) is 6.20 Å². The Morgan fingerprint density at radius 1 is 1.65 bits per heavy atom. The van der Waals surface area contributed by atoms with E-state index in [1.165, 1.54) is 0 Å². The third kappa shape index (κ3) is 2.66. The van der Waals surface area contributed by atoms with Gasteiger partial charge in [-0.1, -0.05) is 6.92 Å². The van der Waals surface area contributed by atoms with Gasteiger partial charge in [0, 0.05) is 0 Å². The minimum absolute atomic E-state index is 0.0432. The maximum absolute atomic E-state index is 12.2. The average Bonchev–Trinajstić information content (AvgIpc) is 2.82. The number of nitrogens with zero attached hydrogens (tertiary/aromatic N) is 1. The zero-order valence-corrected chi connectivity index (χ0v) is 11.4. The molecular formula is C12H16BrN3O. The van der Waals surface area contributed by atoms with Crippen LogP contribution in [-0.2, 0) is 4.79 Å². The maximum Gasteiger partial charge on any atom is 0.244 e. The summed E-state index contributed by atoms with van der Waals surface area (Å²) < 4.78 is 0.764. The molecule has 4 nitrogen and oxygen atoms in total. The average molecular weight is 298 g/mol. The number of carbonyl (C=O) groups excluding carboxylic acids is 1. The number of amides is 1. The van der Waals surface area contributed by atoms with E-state index in [-0.39, 0.29) is 5.91 Å². The quantitative estimate of drug-likeness (QED) is 0.842. The predicted octanol–water partition coefficient (Wildman–Crippen LogP) is 2.31. The van der Waals surface area contributed by atoms with Crippen molar-refractivity contribution in [2.24, 2.45) is 0 Å². The van der Waals surface area contributed by atoms with Gasteiger partial charge in [0.15, 0.2) is 0 Å². The SMILES string of the molecule is CCC1(C(=O)Nc2ccc(Br)nc2)CCCN1. The van der Waals surface area contributed by atoms with Crippen LogP contribution in [0.2, 0.25) is 0 Å². The third-order valence-corrected chi connectivity index (χ3v) is 3.74. The molecule has 2 heterocycles. The highest BCUT2D eigenvalue weighted by Gasteiger charge is 2.38. The molecule has 0 radical (unpaired) electrons. The Hall–Kier alpha value is -0.940. The van der Waals surface area contributed by atoms with Gasteiger partial charge < -0.3 is 10.6 Å². The number of pyridine rings is 1. The number of aromatic nitrogens is 1. The minimum Gasteiger partial charge on any atom is -0.323 e. The van der Waals surface area contributed by atoms with E-state index in [2.05, 4.69) is 31.5 Å². The van der Waals surface area contributed by atoms with Gasteiger partial charge in [0.2, 0.25) is 5.91 Å². The molecule has 2 N–H and O–H groups in total. The van der Waals surface area contributed by atoms with Crippen LogP contribution in [0.15, 0.2) is 22.9 Å². The zero-order valence-electron chi connectivity index (χ0n) is 9.79. The van der Waals surface area contributed by atoms with Gasteiger partial charge in [-0.25, -0.2) is 4.98 Å². The summed E-state index contributed by atoms with van der Waals surface area (Å²) in [6, 6.07) is 3.66. The first-order valence-electron chi connectivity index (χ1n) is 5.84. The molecule has 0 aliphatic carbocycles. The van der Waals surface area contributed by atoms with Gasteiger partial charge in [-0.3, -0.25) is 4.79 Å². The molecule has 5 heteroatoms. The number of anilines is 1. The highest BCUT2D eigenvalue weighted by molar-refractivity contribution is 9.10. The fraction of sp³-hybridized carbons (Fsp3) is 0.500. The molecule has 0 aromatic carbocycles. The van der Waals surface area contributed by atoms with Crippen molar-refractivity contribution < 1.29 is 4.79 Å². The summed E-state index contributed by atoms with van der Waals surface area (Å²) in [4.78, 5) is 16.3. The molecular weight excluding hydrogens is 282 g/mol. The first kappa shape index (κ1) is 12.5. The van der Waals surface area contributed by atoms with Crippen LogP contribution >= 0.6 is 15.9 Å². The Labute approximate surface area is 109 Å². The van der Waals surface area contributed by atoms with Gasteiger partial charge in [-0.15, -0.1) is 0 Å². The van der Waals surface area contributed by atoms with Crippen LogP contribution in [0.4, 0.5) is 5.69 Å². The van der Waals surface area contributed by atoms with Crippen molar-refractivity contribution in [3.8, 4) is 0 Å². The third-order valence-electron chi connectivity index (χ3n) is 3.27. The van der Waals surface area contributed by atoms with Crippen LogP contribution in [0.1, 0.15) is 26.2 Å². The number of halogens is 1. The van der Waals surface area contributed by atoms with Crippen LogP contribution in [0.3, 0.4) is 0 Å². The second kappa shape index (κ2) is 5.14. The standard InChI is InChI=1S/C12H16BrN3O/c1-2-12(6-3-7-15-12)11(17)16-9-4-5-10(13)14-8-9/h4-5,8,15H,2-3,6-7H2,1H3,(H,16,17). The largest absolute Gasteiger partial charge is 0.323 e. The summed E-state index contributed by atoms with van der Waals surface area (Å²) in [5.41, 5.74) is 0.340. The summed E-state index contributed by atoms with van der Waals surface area (Å²) in [5, 5.41) is 6.23. The van der Waals surface area contributed by atoms with Crippen LogP contribution < -0.4 is 10.6 Å². The minimum atomic E-state index is -0.396. The van der Waals surface area contributed by atoms with Crippen LogP contribution in [-0.4, -0.2) is 23.0 Å². The number of carbonyl (C=O) groups is 1. The smallest absolute Gasteiger partial charge is 0.244 e. The van der Waals surface area contributed by atoms with Crippen molar-refractivity contribution in [2.75, 3.05) is 11.9 Å². The Kier molecular flexibility index (Phi) is 3.79. The molecule has 2 rings (SSSR count). The van der Waals surface area contributed by atoms with Crippen LogP contribution in [0, 0.1) is 0 Å². The van der Waals surface area contributed by atoms with E-state index in [4.69, 9.17) is 0 Å².